The molecule has 4 aromatic heterocycles. The summed E-state index contributed by atoms with van der Waals surface area (Å²) >= 11 is 0. The number of pyridine rings is 1. The molecule has 8 nitrogen and oxygen atoms in total. The van der Waals surface area contributed by atoms with E-state index in [-0.39, 0.29) is 41.4 Å². The maximum atomic E-state index is 16.1. The van der Waals surface area contributed by atoms with Crippen molar-refractivity contribution in [3.05, 3.63) is 48.2 Å². The summed E-state index contributed by atoms with van der Waals surface area (Å²) in [7, 11) is 0. The third kappa shape index (κ3) is 3.81. The molecule has 37 heavy (non-hydrogen) atoms. The smallest absolute Gasteiger partial charge is 0.307 e. The minimum atomic E-state index is -0.807. The topological polar surface area (TPSA) is 110 Å². The highest BCUT2D eigenvalue weighted by molar-refractivity contribution is 5.91. The first kappa shape index (κ1) is 22.5. The molecule has 0 aliphatic heterocycles. The van der Waals surface area contributed by atoms with Gasteiger partial charge in [-0.15, -0.1) is 0 Å². The molecule has 190 valence electrons. The van der Waals surface area contributed by atoms with E-state index in [2.05, 4.69) is 25.0 Å². The minimum absolute atomic E-state index is 0.121. The predicted molar refractivity (Wildman–Crippen MR) is 130 cm³/mol. The monoisotopic (exact) mass is 504 g/mol. The highest BCUT2D eigenvalue weighted by atomic mass is 19.1. The highest BCUT2D eigenvalue weighted by Crippen LogP contribution is 2.50. The Morgan fingerprint density at radius 3 is 2.62 bits per heavy atom. The third-order valence-electron chi connectivity index (χ3n) is 8.56. The Hall–Kier alpha value is -3.69. The predicted octanol–water partition coefficient (Wildman–Crippen LogP) is 5.18. The zero-order chi connectivity index (χ0) is 25.3. The Labute approximate surface area is 211 Å². The molecular weight excluding hydrogens is 478 g/mol. The average molecular weight is 505 g/mol. The van der Waals surface area contributed by atoms with E-state index in [1.165, 1.54) is 6.07 Å². The first-order valence-corrected chi connectivity index (χ1v) is 12.9. The Morgan fingerprint density at radius 2 is 1.86 bits per heavy atom. The quantitative estimate of drug-likeness (QED) is 0.375. The molecule has 4 aliphatic carbocycles. The van der Waals surface area contributed by atoms with Crippen molar-refractivity contribution >= 4 is 17.0 Å². The number of nitrogens with one attached hydrogen (secondary N) is 1. The number of hydrogen-bond donors (Lipinski definition) is 2. The highest BCUT2D eigenvalue weighted by Gasteiger charge is 2.47. The number of fused-ring (bicyclic) bond motifs is 4. The van der Waals surface area contributed by atoms with Crippen molar-refractivity contribution in [2.75, 3.05) is 0 Å². The van der Waals surface area contributed by atoms with Crippen molar-refractivity contribution in [1.82, 2.24) is 29.7 Å². The molecule has 0 radical (unpaired) electrons. The van der Waals surface area contributed by atoms with E-state index in [1.54, 1.807) is 18.6 Å². The largest absolute Gasteiger partial charge is 0.481 e. The van der Waals surface area contributed by atoms with Crippen LogP contribution in [0.15, 0.2) is 30.9 Å². The molecule has 0 aromatic carbocycles. The number of rotatable bonds is 6. The van der Waals surface area contributed by atoms with Crippen molar-refractivity contribution in [2.45, 2.75) is 51.0 Å². The first-order valence-electron chi connectivity index (χ1n) is 12.9. The van der Waals surface area contributed by atoms with Crippen molar-refractivity contribution in [1.29, 1.82) is 0 Å². The van der Waals surface area contributed by atoms with Crippen molar-refractivity contribution in [3.63, 3.8) is 0 Å². The molecule has 4 aromatic rings. The van der Waals surface area contributed by atoms with E-state index in [0.29, 0.717) is 28.2 Å². The number of aromatic amines is 1. The van der Waals surface area contributed by atoms with E-state index in [1.807, 2.05) is 4.68 Å². The van der Waals surface area contributed by atoms with Crippen LogP contribution in [0.2, 0.25) is 0 Å². The summed E-state index contributed by atoms with van der Waals surface area (Å²) in [6.07, 6.45) is 12.2. The van der Waals surface area contributed by atoms with E-state index < -0.39 is 23.5 Å². The van der Waals surface area contributed by atoms with Crippen LogP contribution in [-0.2, 0) is 11.2 Å². The molecule has 4 fully saturated rings. The van der Waals surface area contributed by atoms with Gasteiger partial charge in [0.05, 0.1) is 30.0 Å². The Kier molecular flexibility index (Phi) is 5.12. The number of hydrogen-bond acceptors (Lipinski definition) is 5. The molecule has 4 aliphatic rings. The molecule has 0 amide bonds. The van der Waals surface area contributed by atoms with Gasteiger partial charge >= 0.3 is 5.97 Å². The fraction of sp³-hybridized carbons (Fsp3) is 0.444. The van der Waals surface area contributed by atoms with Gasteiger partial charge in [0.25, 0.3) is 0 Å². The lowest BCUT2D eigenvalue weighted by Crippen LogP contribution is -2.45. The molecule has 4 saturated carbocycles. The molecule has 2 unspecified atom stereocenters. The number of nitrogens with zero attached hydrogens (tertiary/aromatic N) is 5. The normalized spacial score (nSPS) is 25.1. The van der Waals surface area contributed by atoms with Crippen molar-refractivity contribution < 1.29 is 18.7 Å². The number of carboxylic acid groups (broad SMARTS) is 1. The molecule has 2 N–H and O–H groups in total. The standard InChI is InChI=1S/C27H26F2N6O2/c28-16-7-19-20(11-31-25(19)30-10-16)26-33-21(8-18-13-1-3-14(4-2-13)22(18)27(36)37)23(29)24(34-26)15-9-32-35(12-15)17-5-6-17/h7,9-14,17-18,22H,1-6,8H2,(H,30,31)(H,36,37). The number of aliphatic carboxylic acids is 1. The van der Waals surface area contributed by atoms with Gasteiger partial charge in [0.2, 0.25) is 0 Å². The number of carboxylic acids is 1. The van der Waals surface area contributed by atoms with Crippen LogP contribution in [0.4, 0.5) is 8.78 Å². The van der Waals surface area contributed by atoms with Crippen molar-refractivity contribution in [3.8, 4) is 22.6 Å². The summed E-state index contributed by atoms with van der Waals surface area (Å²) < 4.78 is 32.0. The number of H-pyrrole nitrogens is 1. The summed E-state index contributed by atoms with van der Waals surface area (Å²) in [6, 6.07) is 1.68. The fourth-order valence-corrected chi connectivity index (χ4v) is 6.58. The fourth-order valence-electron chi connectivity index (χ4n) is 6.58. The second kappa shape index (κ2) is 8.43. The van der Waals surface area contributed by atoms with Crippen LogP contribution in [0.5, 0.6) is 0 Å². The van der Waals surface area contributed by atoms with Gasteiger partial charge in [-0.2, -0.15) is 5.10 Å². The van der Waals surface area contributed by atoms with Gasteiger partial charge in [0, 0.05) is 28.9 Å². The molecule has 10 heteroatoms. The zero-order valence-electron chi connectivity index (χ0n) is 20.1. The van der Waals surface area contributed by atoms with Gasteiger partial charge in [0.1, 0.15) is 17.2 Å². The summed E-state index contributed by atoms with van der Waals surface area (Å²) in [5.74, 6) is -1.94. The van der Waals surface area contributed by atoms with Gasteiger partial charge in [-0.3, -0.25) is 9.48 Å². The summed E-state index contributed by atoms with van der Waals surface area (Å²) in [5, 5.41) is 14.9. The maximum absolute atomic E-state index is 16.1. The van der Waals surface area contributed by atoms with Crippen molar-refractivity contribution in [2.24, 2.45) is 23.7 Å². The molecule has 0 saturated heterocycles. The maximum Gasteiger partial charge on any atom is 0.307 e. The average Bonchev–Trinajstić information content (AvgIpc) is 3.48. The van der Waals surface area contributed by atoms with Crippen LogP contribution in [0.25, 0.3) is 33.7 Å². The summed E-state index contributed by atoms with van der Waals surface area (Å²) in [6.45, 7) is 0. The molecule has 8 rings (SSSR count). The Morgan fingerprint density at radius 1 is 1.08 bits per heavy atom. The third-order valence-corrected chi connectivity index (χ3v) is 8.56. The first-order chi connectivity index (χ1) is 18.0. The van der Waals surface area contributed by atoms with E-state index >= 15 is 4.39 Å². The van der Waals surface area contributed by atoms with Crippen LogP contribution in [0, 0.1) is 35.3 Å². The second-order valence-electron chi connectivity index (χ2n) is 10.8. The van der Waals surface area contributed by atoms with Gasteiger partial charge in [-0.1, -0.05) is 0 Å². The van der Waals surface area contributed by atoms with Crippen LogP contribution < -0.4 is 0 Å². The van der Waals surface area contributed by atoms with Gasteiger partial charge in [-0.25, -0.2) is 23.7 Å². The van der Waals surface area contributed by atoms with E-state index in [9.17, 15) is 14.3 Å². The number of halogens is 2. The molecular formula is C27H26F2N6O2. The lowest BCUT2D eigenvalue weighted by atomic mass is 9.57. The molecule has 2 bridgehead atoms. The Balaban J connectivity index is 1.36. The van der Waals surface area contributed by atoms with Crippen LogP contribution in [0.3, 0.4) is 0 Å². The lowest BCUT2D eigenvalue weighted by Gasteiger charge is -2.46. The van der Waals surface area contributed by atoms with Gasteiger partial charge in [-0.05, 0) is 68.8 Å². The van der Waals surface area contributed by atoms with Crippen LogP contribution in [0.1, 0.15) is 50.3 Å². The summed E-state index contributed by atoms with van der Waals surface area (Å²) in [5.41, 5.74) is 1.85. The van der Waals surface area contributed by atoms with E-state index in [0.717, 1.165) is 44.7 Å². The van der Waals surface area contributed by atoms with Gasteiger partial charge in [0.15, 0.2) is 11.6 Å². The second-order valence-corrected chi connectivity index (χ2v) is 10.8. The zero-order valence-corrected chi connectivity index (χ0v) is 20.1. The summed E-state index contributed by atoms with van der Waals surface area (Å²) in [4.78, 5) is 28.6. The van der Waals surface area contributed by atoms with Crippen LogP contribution >= 0.6 is 0 Å². The minimum Gasteiger partial charge on any atom is -0.481 e. The van der Waals surface area contributed by atoms with E-state index in [4.69, 9.17) is 0 Å². The molecule has 0 spiro atoms. The number of aromatic nitrogens is 6. The molecule has 2 atom stereocenters. The SMILES string of the molecule is O=C(O)C1C2CCC(CC2)C1Cc1nc(-c2c[nH]c3ncc(F)cc23)nc(-c2cnn(C3CC3)c2)c1F. The van der Waals surface area contributed by atoms with Gasteiger partial charge < -0.3 is 10.1 Å². The number of carbonyl (C=O) groups is 1. The molecule has 4 heterocycles. The Bertz CT molecular complexity index is 1520. The van der Waals surface area contributed by atoms with Crippen LogP contribution in [-0.4, -0.2) is 40.8 Å². The lowest BCUT2D eigenvalue weighted by molar-refractivity contribution is -0.152.